The van der Waals surface area contributed by atoms with Gasteiger partial charge in [0.15, 0.2) is 0 Å². The summed E-state index contributed by atoms with van der Waals surface area (Å²) in [6, 6.07) is 12.5. The van der Waals surface area contributed by atoms with Gasteiger partial charge in [0.05, 0.1) is 0 Å². The maximum absolute atomic E-state index is 4.02. The third-order valence-corrected chi connectivity index (χ3v) is 3.72. The van der Waals surface area contributed by atoms with Crippen LogP contribution < -0.4 is 0 Å². The van der Waals surface area contributed by atoms with E-state index in [1.807, 2.05) is 30.6 Å². The Balaban J connectivity index is 2.11. The zero-order chi connectivity index (χ0) is 11.4. The van der Waals surface area contributed by atoms with Crippen molar-refractivity contribution < 1.29 is 0 Å². The third kappa shape index (κ3) is 3.16. The van der Waals surface area contributed by atoms with Crippen LogP contribution in [-0.4, -0.2) is 4.98 Å². The van der Waals surface area contributed by atoms with Crippen molar-refractivity contribution in [3.63, 3.8) is 0 Å². The van der Waals surface area contributed by atoms with Crippen molar-refractivity contribution in [2.24, 2.45) is 0 Å². The van der Waals surface area contributed by atoms with Gasteiger partial charge in [0, 0.05) is 21.7 Å². The third-order valence-electron chi connectivity index (χ3n) is 2.37. The van der Waals surface area contributed by atoms with Crippen molar-refractivity contribution in [3.8, 4) is 0 Å². The first-order chi connectivity index (χ1) is 7.75. The molecule has 0 spiro atoms. The lowest BCUT2D eigenvalue weighted by Gasteiger charge is -2.10. The lowest BCUT2D eigenvalue weighted by Crippen LogP contribution is -1.95. The average Bonchev–Trinajstić information content (AvgIpc) is 2.30. The van der Waals surface area contributed by atoms with Gasteiger partial charge in [-0.3, -0.25) is 4.98 Å². The Hall–Kier alpha value is -0.670. The van der Waals surface area contributed by atoms with Crippen LogP contribution in [0.3, 0.4) is 0 Å². The average molecular weight is 341 g/mol. The first-order valence-electron chi connectivity index (χ1n) is 5.04. The number of halogens is 2. The summed E-state index contributed by atoms with van der Waals surface area (Å²) in [7, 11) is 0. The van der Waals surface area contributed by atoms with Gasteiger partial charge in [-0.2, -0.15) is 0 Å². The van der Waals surface area contributed by atoms with Crippen LogP contribution in [0, 0.1) is 0 Å². The molecule has 1 unspecified atom stereocenters. The Morgan fingerprint density at radius 2 is 1.88 bits per heavy atom. The van der Waals surface area contributed by atoms with Gasteiger partial charge in [0.1, 0.15) is 0 Å². The molecule has 1 aromatic carbocycles. The van der Waals surface area contributed by atoms with Crippen LogP contribution in [0.5, 0.6) is 0 Å². The van der Waals surface area contributed by atoms with Gasteiger partial charge >= 0.3 is 0 Å². The summed E-state index contributed by atoms with van der Waals surface area (Å²) in [6.45, 7) is 0. The van der Waals surface area contributed by atoms with Gasteiger partial charge in [-0.05, 0) is 41.8 Å². The van der Waals surface area contributed by atoms with E-state index in [1.54, 1.807) is 0 Å². The smallest absolute Gasteiger partial charge is 0.0436 e. The predicted molar refractivity (Wildman–Crippen MR) is 73.8 cm³/mol. The second-order valence-corrected chi connectivity index (χ2v) is 5.60. The van der Waals surface area contributed by atoms with Crippen LogP contribution in [0.4, 0.5) is 0 Å². The zero-order valence-corrected chi connectivity index (χ0v) is 11.8. The minimum absolute atomic E-state index is 0.338. The van der Waals surface area contributed by atoms with Gasteiger partial charge in [0.25, 0.3) is 0 Å². The van der Waals surface area contributed by atoms with Crippen LogP contribution >= 0.6 is 31.9 Å². The summed E-state index contributed by atoms with van der Waals surface area (Å²) in [4.78, 5) is 4.36. The van der Waals surface area contributed by atoms with Crippen molar-refractivity contribution in [3.05, 3.63) is 64.4 Å². The second kappa shape index (κ2) is 5.60. The van der Waals surface area contributed by atoms with Crippen LogP contribution in [-0.2, 0) is 6.42 Å². The van der Waals surface area contributed by atoms with E-state index in [1.165, 1.54) is 11.1 Å². The van der Waals surface area contributed by atoms with E-state index < -0.39 is 0 Å². The fourth-order valence-corrected chi connectivity index (χ4v) is 2.69. The molecule has 0 amide bonds. The summed E-state index contributed by atoms with van der Waals surface area (Å²) in [5.41, 5.74) is 2.57. The Morgan fingerprint density at radius 3 is 2.56 bits per heavy atom. The molecule has 0 aliphatic rings. The van der Waals surface area contributed by atoms with Crippen LogP contribution in [0.15, 0.2) is 53.3 Å². The largest absolute Gasteiger partial charge is 0.265 e. The standard InChI is InChI=1S/C13H11Br2N/c14-12-3-1-2-10(8-12)9-13(15)11-4-6-16-7-5-11/h1-8,13H,9H2. The molecule has 82 valence electrons. The van der Waals surface area contributed by atoms with Crippen molar-refractivity contribution in [1.29, 1.82) is 0 Å². The molecule has 1 aromatic heterocycles. The Labute approximate surface area is 112 Å². The van der Waals surface area contributed by atoms with Crippen LogP contribution in [0.2, 0.25) is 0 Å². The van der Waals surface area contributed by atoms with E-state index in [2.05, 4.69) is 55.0 Å². The number of hydrogen-bond donors (Lipinski definition) is 0. The van der Waals surface area contributed by atoms with Crippen molar-refractivity contribution >= 4 is 31.9 Å². The van der Waals surface area contributed by atoms with Gasteiger partial charge < -0.3 is 0 Å². The highest BCUT2D eigenvalue weighted by Gasteiger charge is 2.07. The first kappa shape index (κ1) is 11.8. The summed E-state index contributed by atoms with van der Waals surface area (Å²) in [5, 5.41) is 0. The van der Waals surface area contributed by atoms with E-state index in [9.17, 15) is 0 Å². The fraction of sp³-hybridized carbons (Fsp3) is 0.154. The lowest BCUT2D eigenvalue weighted by molar-refractivity contribution is 0.943. The number of nitrogens with zero attached hydrogens (tertiary/aromatic N) is 1. The van der Waals surface area contributed by atoms with Gasteiger partial charge in [-0.25, -0.2) is 0 Å². The number of alkyl halides is 1. The molecular formula is C13H11Br2N. The quantitative estimate of drug-likeness (QED) is 0.748. The van der Waals surface area contributed by atoms with E-state index in [4.69, 9.17) is 0 Å². The number of aromatic nitrogens is 1. The van der Waals surface area contributed by atoms with E-state index in [0.29, 0.717) is 4.83 Å². The molecule has 3 heteroatoms. The van der Waals surface area contributed by atoms with E-state index in [-0.39, 0.29) is 0 Å². The van der Waals surface area contributed by atoms with Crippen molar-refractivity contribution in [1.82, 2.24) is 4.98 Å². The zero-order valence-electron chi connectivity index (χ0n) is 8.61. The summed E-state index contributed by atoms with van der Waals surface area (Å²) in [5.74, 6) is 0. The normalized spacial score (nSPS) is 12.4. The number of hydrogen-bond acceptors (Lipinski definition) is 1. The second-order valence-electron chi connectivity index (χ2n) is 3.58. The van der Waals surface area contributed by atoms with Crippen molar-refractivity contribution in [2.45, 2.75) is 11.2 Å². The molecule has 0 aliphatic carbocycles. The highest BCUT2D eigenvalue weighted by molar-refractivity contribution is 9.10. The predicted octanol–water partition coefficient (Wildman–Crippen LogP) is 4.52. The molecule has 2 aromatic rings. The van der Waals surface area contributed by atoms with E-state index in [0.717, 1.165) is 10.9 Å². The van der Waals surface area contributed by atoms with Crippen molar-refractivity contribution in [2.75, 3.05) is 0 Å². The number of benzene rings is 1. The molecule has 0 saturated carbocycles. The molecule has 0 aliphatic heterocycles. The maximum Gasteiger partial charge on any atom is 0.0436 e. The Morgan fingerprint density at radius 1 is 1.12 bits per heavy atom. The maximum atomic E-state index is 4.02. The molecule has 2 rings (SSSR count). The summed E-state index contributed by atoms with van der Waals surface area (Å²) >= 11 is 7.19. The van der Waals surface area contributed by atoms with Gasteiger partial charge in [0.2, 0.25) is 0 Å². The molecule has 1 heterocycles. The first-order valence-corrected chi connectivity index (χ1v) is 6.75. The molecule has 0 saturated heterocycles. The topological polar surface area (TPSA) is 12.9 Å². The fourth-order valence-electron chi connectivity index (χ4n) is 1.56. The molecule has 0 radical (unpaired) electrons. The van der Waals surface area contributed by atoms with Gasteiger partial charge in [-0.1, -0.05) is 44.0 Å². The van der Waals surface area contributed by atoms with E-state index >= 15 is 0 Å². The molecule has 0 bridgehead atoms. The van der Waals surface area contributed by atoms with Crippen LogP contribution in [0.25, 0.3) is 0 Å². The molecule has 0 fully saturated rings. The lowest BCUT2D eigenvalue weighted by atomic mass is 10.1. The molecular weight excluding hydrogens is 330 g/mol. The van der Waals surface area contributed by atoms with Gasteiger partial charge in [-0.15, -0.1) is 0 Å². The molecule has 1 atom stereocenters. The molecule has 0 N–H and O–H groups in total. The SMILES string of the molecule is Brc1cccc(CC(Br)c2ccncc2)c1. The minimum Gasteiger partial charge on any atom is -0.265 e. The highest BCUT2D eigenvalue weighted by Crippen LogP contribution is 2.27. The van der Waals surface area contributed by atoms with Crippen LogP contribution in [0.1, 0.15) is 16.0 Å². The molecule has 1 nitrogen and oxygen atoms in total. The number of pyridine rings is 1. The summed E-state index contributed by atoms with van der Waals surface area (Å²) < 4.78 is 1.12. The highest BCUT2D eigenvalue weighted by atomic mass is 79.9. The summed E-state index contributed by atoms with van der Waals surface area (Å²) in [6.07, 6.45) is 4.62. The minimum atomic E-state index is 0.338. The monoisotopic (exact) mass is 339 g/mol. The molecule has 16 heavy (non-hydrogen) atoms. The number of rotatable bonds is 3. The Bertz CT molecular complexity index is 456. The Kier molecular flexibility index (Phi) is 4.13.